The van der Waals surface area contributed by atoms with E-state index < -0.39 is 0 Å². The van der Waals surface area contributed by atoms with Crippen molar-refractivity contribution < 1.29 is 9.47 Å². The molecule has 0 N–H and O–H groups in total. The van der Waals surface area contributed by atoms with Crippen molar-refractivity contribution >= 4 is 11.3 Å². The van der Waals surface area contributed by atoms with Gasteiger partial charge in [-0.05, 0) is 18.2 Å². The predicted molar refractivity (Wildman–Crippen MR) is 80.7 cm³/mol. The van der Waals surface area contributed by atoms with E-state index in [1.807, 2.05) is 43.0 Å². The third-order valence-corrected chi connectivity index (χ3v) is 4.19. The van der Waals surface area contributed by atoms with Gasteiger partial charge in [0, 0.05) is 29.8 Å². The van der Waals surface area contributed by atoms with E-state index in [9.17, 15) is 0 Å². The molecule has 6 heteroatoms. The Hall–Kier alpha value is -2.34. The van der Waals surface area contributed by atoms with Crippen LogP contribution in [-0.2, 0) is 7.05 Å². The largest absolute Gasteiger partial charge is 0.486 e. The fourth-order valence-corrected chi connectivity index (χ4v) is 3.09. The minimum atomic E-state index is 0.593. The van der Waals surface area contributed by atoms with Crippen molar-refractivity contribution in [3.05, 3.63) is 36.0 Å². The third-order valence-electron chi connectivity index (χ3n) is 3.29. The molecule has 0 atom stereocenters. The Morgan fingerprint density at radius 2 is 2.00 bits per heavy atom. The summed E-state index contributed by atoms with van der Waals surface area (Å²) in [6.07, 6.45) is 3.78. The van der Waals surface area contributed by atoms with Crippen LogP contribution in [0, 0.1) is 0 Å². The van der Waals surface area contributed by atoms with Gasteiger partial charge in [-0.3, -0.25) is 4.68 Å². The van der Waals surface area contributed by atoms with Gasteiger partial charge in [0.25, 0.3) is 0 Å². The number of ether oxygens (including phenoxy) is 2. The predicted octanol–water partition coefficient (Wildman–Crippen LogP) is 2.98. The average molecular weight is 299 g/mol. The summed E-state index contributed by atoms with van der Waals surface area (Å²) < 4.78 is 12.9. The zero-order chi connectivity index (χ0) is 14.2. The van der Waals surface area contributed by atoms with Crippen LogP contribution in [0.4, 0.5) is 0 Å². The van der Waals surface area contributed by atoms with E-state index in [-0.39, 0.29) is 0 Å². The first-order chi connectivity index (χ1) is 10.3. The smallest absolute Gasteiger partial charge is 0.162 e. The normalized spacial score (nSPS) is 13.4. The molecule has 0 amide bonds. The summed E-state index contributed by atoms with van der Waals surface area (Å²) in [6, 6.07) is 5.94. The van der Waals surface area contributed by atoms with Gasteiger partial charge in [-0.25, -0.2) is 4.98 Å². The molecule has 0 spiro atoms. The van der Waals surface area contributed by atoms with Gasteiger partial charge in [-0.1, -0.05) is 0 Å². The number of aromatic nitrogens is 3. The van der Waals surface area contributed by atoms with E-state index in [1.54, 1.807) is 16.0 Å². The fraction of sp³-hybridized carbons (Fsp3) is 0.200. The molecule has 3 heterocycles. The molecule has 3 aromatic rings. The monoisotopic (exact) mass is 299 g/mol. The molecule has 5 nitrogen and oxygen atoms in total. The van der Waals surface area contributed by atoms with E-state index >= 15 is 0 Å². The Balaban J connectivity index is 1.69. The summed E-state index contributed by atoms with van der Waals surface area (Å²) >= 11 is 1.61. The summed E-state index contributed by atoms with van der Waals surface area (Å²) in [7, 11) is 1.90. The molecule has 0 saturated carbocycles. The Kier molecular flexibility index (Phi) is 2.89. The number of thiazole rings is 1. The number of hydrogen-bond acceptors (Lipinski definition) is 5. The van der Waals surface area contributed by atoms with E-state index in [4.69, 9.17) is 9.47 Å². The molecule has 0 saturated heterocycles. The van der Waals surface area contributed by atoms with E-state index in [0.717, 1.165) is 33.3 Å². The van der Waals surface area contributed by atoms with Crippen LogP contribution in [0.25, 0.3) is 21.8 Å². The quantitative estimate of drug-likeness (QED) is 0.730. The van der Waals surface area contributed by atoms with Crippen LogP contribution in [0.3, 0.4) is 0 Å². The number of aryl methyl sites for hydroxylation is 1. The minimum absolute atomic E-state index is 0.593. The zero-order valence-electron chi connectivity index (χ0n) is 11.4. The van der Waals surface area contributed by atoms with Crippen molar-refractivity contribution in [1.82, 2.24) is 14.8 Å². The molecule has 1 aliphatic rings. The lowest BCUT2D eigenvalue weighted by Gasteiger charge is -2.18. The van der Waals surface area contributed by atoms with E-state index in [1.165, 1.54) is 0 Å². The van der Waals surface area contributed by atoms with Gasteiger partial charge in [0.2, 0.25) is 0 Å². The molecule has 0 aliphatic carbocycles. The van der Waals surface area contributed by atoms with Gasteiger partial charge in [0.1, 0.15) is 18.2 Å². The summed E-state index contributed by atoms with van der Waals surface area (Å²) in [6.45, 7) is 1.20. The molecule has 0 unspecified atom stereocenters. The van der Waals surface area contributed by atoms with Gasteiger partial charge in [0.15, 0.2) is 11.5 Å². The molecule has 0 bridgehead atoms. The average Bonchev–Trinajstić information content (AvgIpc) is 3.15. The highest BCUT2D eigenvalue weighted by Crippen LogP contribution is 2.36. The van der Waals surface area contributed by atoms with Crippen LogP contribution in [0.15, 0.2) is 36.0 Å². The second-order valence-electron chi connectivity index (χ2n) is 4.80. The molecule has 1 aliphatic heterocycles. The zero-order valence-corrected chi connectivity index (χ0v) is 12.3. The van der Waals surface area contributed by atoms with Gasteiger partial charge in [0.05, 0.1) is 11.9 Å². The lowest BCUT2D eigenvalue weighted by atomic mass is 10.2. The SMILES string of the molecule is Cn1cc(-c2csc(-c3ccc4c(c3)OCCO4)n2)cn1. The molecule has 106 valence electrons. The van der Waals surface area contributed by atoms with E-state index in [0.29, 0.717) is 13.2 Å². The fourth-order valence-electron chi connectivity index (χ4n) is 2.27. The van der Waals surface area contributed by atoms with Crippen molar-refractivity contribution in [1.29, 1.82) is 0 Å². The summed E-state index contributed by atoms with van der Waals surface area (Å²) in [5, 5.41) is 7.19. The van der Waals surface area contributed by atoms with Crippen molar-refractivity contribution in [2.24, 2.45) is 7.05 Å². The Morgan fingerprint density at radius 3 is 2.81 bits per heavy atom. The summed E-state index contributed by atoms with van der Waals surface area (Å²) in [5.74, 6) is 1.59. The second kappa shape index (κ2) is 4.89. The summed E-state index contributed by atoms with van der Waals surface area (Å²) in [5.41, 5.74) is 3.01. The topological polar surface area (TPSA) is 49.2 Å². The summed E-state index contributed by atoms with van der Waals surface area (Å²) in [4.78, 5) is 4.68. The highest BCUT2D eigenvalue weighted by atomic mass is 32.1. The lowest BCUT2D eigenvalue weighted by molar-refractivity contribution is 0.171. The maximum absolute atomic E-state index is 5.62. The van der Waals surface area contributed by atoms with Gasteiger partial charge < -0.3 is 9.47 Å². The van der Waals surface area contributed by atoms with Crippen molar-refractivity contribution in [3.8, 4) is 33.3 Å². The molecule has 0 radical (unpaired) electrons. The van der Waals surface area contributed by atoms with Crippen LogP contribution in [0.1, 0.15) is 0 Å². The Bertz CT molecular complexity index is 794. The number of fused-ring (bicyclic) bond motifs is 1. The second-order valence-corrected chi connectivity index (χ2v) is 5.66. The number of hydrogen-bond donors (Lipinski definition) is 0. The highest BCUT2D eigenvalue weighted by Gasteiger charge is 2.14. The number of benzene rings is 1. The maximum atomic E-state index is 5.62. The van der Waals surface area contributed by atoms with Crippen molar-refractivity contribution in [3.63, 3.8) is 0 Å². The highest BCUT2D eigenvalue weighted by molar-refractivity contribution is 7.13. The molecule has 4 rings (SSSR count). The minimum Gasteiger partial charge on any atom is -0.486 e. The Labute approximate surface area is 125 Å². The number of rotatable bonds is 2. The maximum Gasteiger partial charge on any atom is 0.162 e. The van der Waals surface area contributed by atoms with E-state index in [2.05, 4.69) is 10.1 Å². The standard InChI is InChI=1S/C15H13N3O2S/c1-18-8-11(7-16-18)12-9-21-15(17-12)10-2-3-13-14(6-10)20-5-4-19-13/h2-3,6-9H,4-5H2,1H3. The molecule has 21 heavy (non-hydrogen) atoms. The van der Waals surface area contributed by atoms with Crippen LogP contribution in [0.2, 0.25) is 0 Å². The van der Waals surface area contributed by atoms with Crippen molar-refractivity contribution in [2.45, 2.75) is 0 Å². The Morgan fingerprint density at radius 1 is 1.14 bits per heavy atom. The first kappa shape index (κ1) is 12.4. The van der Waals surface area contributed by atoms with Crippen LogP contribution >= 0.6 is 11.3 Å². The lowest BCUT2D eigenvalue weighted by Crippen LogP contribution is -2.15. The van der Waals surface area contributed by atoms with Gasteiger partial charge in [-0.15, -0.1) is 11.3 Å². The van der Waals surface area contributed by atoms with Crippen LogP contribution in [-0.4, -0.2) is 28.0 Å². The first-order valence-corrected chi connectivity index (χ1v) is 7.52. The van der Waals surface area contributed by atoms with Crippen LogP contribution in [0.5, 0.6) is 11.5 Å². The van der Waals surface area contributed by atoms with Crippen LogP contribution < -0.4 is 9.47 Å². The molecule has 0 fully saturated rings. The molecular weight excluding hydrogens is 286 g/mol. The van der Waals surface area contributed by atoms with Crippen molar-refractivity contribution in [2.75, 3.05) is 13.2 Å². The molecule has 2 aromatic heterocycles. The van der Waals surface area contributed by atoms with Gasteiger partial charge in [-0.2, -0.15) is 5.10 Å². The first-order valence-electron chi connectivity index (χ1n) is 6.64. The number of nitrogens with zero attached hydrogens (tertiary/aromatic N) is 3. The molecular formula is C15H13N3O2S. The molecule has 1 aromatic carbocycles. The third kappa shape index (κ3) is 2.27. The van der Waals surface area contributed by atoms with Gasteiger partial charge >= 0.3 is 0 Å².